The quantitative estimate of drug-likeness (QED) is 0.641. The summed E-state index contributed by atoms with van der Waals surface area (Å²) < 4.78 is 6.12. The molecule has 1 N–H and O–H groups in total. The number of nitrogens with one attached hydrogen (secondary N) is 1. The van der Waals surface area contributed by atoms with E-state index >= 15 is 0 Å². The van der Waals surface area contributed by atoms with E-state index in [1.807, 2.05) is 30.0 Å². The molecule has 25 heavy (non-hydrogen) atoms. The molecule has 0 aromatic heterocycles. The number of benzene rings is 2. The lowest BCUT2D eigenvalue weighted by atomic mass is 10.2. The van der Waals surface area contributed by atoms with Gasteiger partial charge in [0.1, 0.15) is 0 Å². The highest BCUT2D eigenvalue weighted by Crippen LogP contribution is 2.27. The number of carbonyl (C=O) groups is 1. The fraction of sp³-hybridized carbons (Fsp3) is 0.316. The Kier molecular flexibility index (Phi) is 6.82. The number of ether oxygens (including phenoxy) is 1. The summed E-state index contributed by atoms with van der Waals surface area (Å²) in [6.45, 7) is 1.73. The first-order valence-electron chi connectivity index (χ1n) is 8.16. The lowest BCUT2D eigenvalue weighted by Crippen LogP contribution is -2.17. The zero-order valence-corrected chi connectivity index (χ0v) is 16.8. The summed E-state index contributed by atoms with van der Waals surface area (Å²) in [4.78, 5) is 12.5. The minimum atomic E-state index is -0.177. The lowest BCUT2D eigenvalue weighted by Gasteiger charge is -2.21. The third kappa shape index (κ3) is 5.48. The Hall–Kier alpha value is -1.01. The van der Waals surface area contributed by atoms with Crippen molar-refractivity contribution in [1.29, 1.82) is 0 Å². The van der Waals surface area contributed by atoms with Crippen LogP contribution in [0.25, 0.3) is 0 Å². The molecule has 0 bridgehead atoms. The van der Waals surface area contributed by atoms with E-state index in [1.165, 1.54) is 5.56 Å². The molecule has 1 amide bonds. The van der Waals surface area contributed by atoms with Crippen LogP contribution in [0.15, 0.2) is 46.9 Å². The number of anilines is 1. The van der Waals surface area contributed by atoms with Crippen molar-refractivity contribution < 1.29 is 9.53 Å². The van der Waals surface area contributed by atoms with Gasteiger partial charge >= 0.3 is 0 Å². The first-order chi connectivity index (χ1) is 12.1. The first-order valence-corrected chi connectivity index (χ1v) is 10.4. The van der Waals surface area contributed by atoms with Gasteiger partial charge in [-0.1, -0.05) is 23.7 Å². The van der Waals surface area contributed by atoms with Crippen molar-refractivity contribution in [2.24, 2.45) is 0 Å². The van der Waals surface area contributed by atoms with Crippen LogP contribution in [-0.2, 0) is 10.5 Å². The molecule has 1 saturated heterocycles. The van der Waals surface area contributed by atoms with Gasteiger partial charge in [0.2, 0.25) is 0 Å². The first kappa shape index (κ1) is 18.8. The maximum Gasteiger partial charge on any atom is 0.256 e. The molecule has 3 nitrogen and oxygen atoms in total. The Bertz CT molecular complexity index is 750. The second kappa shape index (κ2) is 9.08. The van der Waals surface area contributed by atoms with Crippen LogP contribution in [0, 0.1) is 0 Å². The minimum Gasteiger partial charge on any atom is -0.381 e. The Balaban J connectivity index is 1.62. The van der Waals surface area contributed by atoms with Gasteiger partial charge in [0.05, 0.1) is 5.56 Å². The summed E-state index contributed by atoms with van der Waals surface area (Å²) in [6.07, 6.45) is 2.23. The third-order valence-corrected chi connectivity index (χ3v) is 6.38. The summed E-state index contributed by atoms with van der Waals surface area (Å²) in [6, 6.07) is 13.2. The van der Waals surface area contributed by atoms with E-state index in [4.69, 9.17) is 16.3 Å². The molecule has 2 aromatic rings. The van der Waals surface area contributed by atoms with Gasteiger partial charge in [-0.05, 0) is 64.7 Å². The van der Waals surface area contributed by atoms with Gasteiger partial charge in [-0.15, -0.1) is 0 Å². The molecule has 1 heterocycles. The molecule has 0 radical (unpaired) electrons. The van der Waals surface area contributed by atoms with Gasteiger partial charge in [0, 0.05) is 39.4 Å². The highest BCUT2D eigenvalue weighted by Gasteiger charge is 2.15. The Morgan fingerprint density at radius 3 is 2.84 bits per heavy atom. The smallest absolute Gasteiger partial charge is 0.256 e. The van der Waals surface area contributed by atoms with Crippen molar-refractivity contribution in [2.75, 3.05) is 18.5 Å². The lowest BCUT2D eigenvalue weighted by molar-refractivity contribution is 0.1000. The van der Waals surface area contributed by atoms with Crippen LogP contribution in [0.1, 0.15) is 28.8 Å². The maximum absolute atomic E-state index is 12.5. The third-order valence-electron chi connectivity index (χ3n) is 4.01. The topological polar surface area (TPSA) is 38.3 Å². The molecule has 0 atom stereocenters. The fourth-order valence-electron chi connectivity index (χ4n) is 2.67. The van der Waals surface area contributed by atoms with Crippen LogP contribution in [0.2, 0.25) is 5.02 Å². The van der Waals surface area contributed by atoms with Crippen LogP contribution in [0.5, 0.6) is 0 Å². The average molecular weight is 441 g/mol. The predicted octanol–water partition coefficient (Wildman–Crippen LogP) is 5.77. The van der Waals surface area contributed by atoms with Gasteiger partial charge < -0.3 is 10.1 Å². The molecule has 0 saturated carbocycles. The number of thioether (sulfide) groups is 1. The minimum absolute atomic E-state index is 0.177. The van der Waals surface area contributed by atoms with E-state index in [0.29, 0.717) is 15.8 Å². The Morgan fingerprint density at radius 1 is 1.24 bits per heavy atom. The summed E-state index contributed by atoms with van der Waals surface area (Å²) in [5, 5.41) is 4.15. The number of halogens is 2. The molecule has 0 spiro atoms. The number of carbonyl (C=O) groups excluding carboxylic acids is 1. The summed E-state index contributed by atoms with van der Waals surface area (Å²) in [5.41, 5.74) is 2.52. The Labute approximate surface area is 165 Å². The number of amides is 1. The Morgan fingerprint density at radius 2 is 2.04 bits per heavy atom. The molecular formula is C19H19BrClNO2S. The van der Waals surface area contributed by atoms with Crippen molar-refractivity contribution in [3.8, 4) is 0 Å². The van der Waals surface area contributed by atoms with Crippen LogP contribution in [0.4, 0.5) is 5.69 Å². The fourth-order valence-corrected chi connectivity index (χ4v) is 4.40. The van der Waals surface area contributed by atoms with Gasteiger partial charge in [0.15, 0.2) is 0 Å². The van der Waals surface area contributed by atoms with Gasteiger partial charge in [-0.2, -0.15) is 11.8 Å². The van der Waals surface area contributed by atoms with E-state index in [9.17, 15) is 4.79 Å². The van der Waals surface area contributed by atoms with E-state index in [1.54, 1.807) is 18.2 Å². The van der Waals surface area contributed by atoms with Crippen molar-refractivity contribution >= 4 is 50.9 Å². The largest absolute Gasteiger partial charge is 0.381 e. The second-order valence-corrected chi connectivity index (χ2v) is 8.48. The standard InChI is InChI=1S/C19H19BrClNO2S/c20-18-5-4-14(21)11-17(18)19(23)22-15-3-1-2-13(10-15)12-25-16-6-8-24-9-7-16/h1-5,10-11,16H,6-9,12H2,(H,22,23). The van der Waals surface area contributed by atoms with Crippen molar-refractivity contribution in [2.45, 2.75) is 23.8 Å². The molecule has 1 fully saturated rings. The van der Waals surface area contributed by atoms with Crippen LogP contribution in [-0.4, -0.2) is 24.4 Å². The van der Waals surface area contributed by atoms with Gasteiger partial charge in [-0.3, -0.25) is 4.79 Å². The average Bonchev–Trinajstić information content (AvgIpc) is 2.63. The van der Waals surface area contributed by atoms with E-state index in [0.717, 1.165) is 42.0 Å². The zero-order valence-electron chi connectivity index (χ0n) is 13.6. The van der Waals surface area contributed by atoms with Crippen LogP contribution >= 0.6 is 39.3 Å². The molecule has 132 valence electrons. The predicted molar refractivity (Wildman–Crippen MR) is 109 cm³/mol. The molecule has 1 aliphatic heterocycles. The van der Waals surface area contributed by atoms with Crippen LogP contribution in [0.3, 0.4) is 0 Å². The van der Waals surface area contributed by atoms with Crippen molar-refractivity contribution in [3.05, 3.63) is 63.1 Å². The van der Waals surface area contributed by atoms with E-state index in [2.05, 4.69) is 27.3 Å². The summed E-state index contributed by atoms with van der Waals surface area (Å²) >= 11 is 11.3. The van der Waals surface area contributed by atoms with E-state index < -0.39 is 0 Å². The van der Waals surface area contributed by atoms with Crippen molar-refractivity contribution in [3.63, 3.8) is 0 Å². The SMILES string of the molecule is O=C(Nc1cccc(CSC2CCOCC2)c1)c1cc(Cl)ccc1Br. The zero-order chi connectivity index (χ0) is 17.6. The monoisotopic (exact) mass is 439 g/mol. The molecule has 3 rings (SSSR count). The molecular weight excluding hydrogens is 422 g/mol. The van der Waals surface area contributed by atoms with Crippen LogP contribution < -0.4 is 5.32 Å². The normalized spacial score (nSPS) is 15.1. The molecule has 1 aliphatic rings. The van der Waals surface area contributed by atoms with Crippen molar-refractivity contribution in [1.82, 2.24) is 0 Å². The molecule has 2 aromatic carbocycles. The number of rotatable bonds is 5. The highest BCUT2D eigenvalue weighted by atomic mass is 79.9. The molecule has 0 aliphatic carbocycles. The number of hydrogen-bond donors (Lipinski definition) is 1. The molecule has 6 heteroatoms. The second-order valence-electron chi connectivity index (χ2n) is 5.90. The number of hydrogen-bond acceptors (Lipinski definition) is 3. The van der Waals surface area contributed by atoms with Gasteiger partial charge in [0.25, 0.3) is 5.91 Å². The highest BCUT2D eigenvalue weighted by molar-refractivity contribution is 9.10. The van der Waals surface area contributed by atoms with Gasteiger partial charge in [-0.25, -0.2) is 0 Å². The maximum atomic E-state index is 12.5. The summed E-state index contributed by atoms with van der Waals surface area (Å²) in [5.74, 6) is 0.763. The van der Waals surface area contributed by atoms with E-state index in [-0.39, 0.29) is 5.91 Å². The summed E-state index contributed by atoms with van der Waals surface area (Å²) in [7, 11) is 0. The molecule has 0 unspecified atom stereocenters.